The van der Waals surface area contributed by atoms with Gasteiger partial charge < -0.3 is 5.32 Å². The zero-order valence-electron chi connectivity index (χ0n) is 6.31. The van der Waals surface area contributed by atoms with Gasteiger partial charge in [-0.05, 0) is 0 Å². The van der Waals surface area contributed by atoms with Crippen LogP contribution in [0.15, 0.2) is 5.38 Å². The molecule has 1 heterocycles. The van der Waals surface area contributed by atoms with Crippen molar-refractivity contribution in [3.63, 3.8) is 0 Å². The molecule has 58 valence electrons. The molecule has 4 heteroatoms. The van der Waals surface area contributed by atoms with Crippen molar-refractivity contribution in [2.75, 3.05) is 12.4 Å². The molecule has 0 atom stereocenters. The molecule has 10 heavy (non-hydrogen) atoms. The third kappa shape index (κ3) is 3.03. The lowest BCUT2D eigenvalue weighted by atomic mass is 11.0. The van der Waals surface area contributed by atoms with Crippen molar-refractivity contribution in [3.8, 4) is 0 Å². The first-order chi connectivity index (χ1) is 4.83. The molecule has 0 saturated carbocycles. The Morgan fingerprint density at radius 3 is 2.40 bits per heavy atom. The average Bonchev–Trinajstić information content (AvgIpc) is 2.40. The highest BCUT2D eigenvalue weighted by atomic mass is 35.5. The molecule has 0 unspecified atom stereocenters. The molecule has 0 amide bonds. The number of anilines is 1. The predicted octanol–water partition coefficient (Wildman–Crippen LogP) is 2.86. The molecule has 0 aliphatic rings. The van der Waals surface area contributed by atoms with E-state index in [-0.39, 0.29) is 0 Å². The van der Waals surface area contributed by atoms with Crippen LogP contribution in [0, 0.1) is 0 Å². The number of halogens is 1. The second kappa shape index (κ2) is 5.50. The van der Waals surface area contributed by atoms with Gasteiger partial charge in [0.2, 0.25) is 0 Å². The van der Waals surface area contributed by atoms with Crippen molar-refractivity contribution >= 4 is 28.1 Å². The maximum atomic E-state index is 5.50. The maximum Gasteiger partial charge on any atom is 0.183 e. The minimum atomic E-state index is 0.555. The minimum Gasteiger partial charge on any atom is -0.365 e. The monoisotopic (exact) mass is 178 g/mol. The van der Waals surface area contributed by atoms with Crippen LogP contribution >= 0.6 is 22.9 Å². The molecule has 1 rings (SSSR count). The van der Waals surface area contributed by atoms with Crippen LogP contribution in [-0.4, -0.2) is 12.0 Å². The van der Waals surface area contributed by atoms with Crippen LogP contribution in [0.3, 0.4) is 0 Å². The van der Waals surface area contributed by atoms with E-state index < -0.39 is 0 Å². The van der Waals surface area contributed by atoms with Crippen molar-refractivity contribution < 1.29 is 0 Å². The van der Waals surface area contributed by atoms with E-state index in [9.17, 15) is 0 Å². The molecule has 0 aliphatic heterocycles. The Hall–Kier alpha value is -0.280. The van der Waals surface area contributed by atoms with Gasteiger partial charge in [0, 0.05) is 12.4 Å². The topological polar surface area (TPSA) is 24.9 Å². The van der Waals surface area contributed by atoms with Gasteiger partial charge in [-0.1, -0.05) is 25.4 Å². The summed E-state index contributed by atoms with van der Waals surface area (Å²) >= 11 is 6.99. The Balaban J connectivity index is 0.000000371. The number of nitrogens with zero attached hydrogens (tertiary/aromatic N) is 1. The van der Waals surface area contributed by atoms with Crippen LogP contribution in [0.5, 0.6) is 0 Å². The van der Waals surface area contributed by atoms with E-state index in [1.165, 1.54) is 11.3 Å². The fourth-order valence-electron chi connectivity index (χ4n) is 0.369. The van der Waals surface area contributed by atoms with Gasteiger partial charge in [-0.2, -0.15) is 0 Å². The maximum absolute atomic E-state index is 5.50. The summed E-state index contributed by atoms with van der Waals surface area (Å²) in [6, 6.07) is 0. The number of aromatic nitrogens is 1. The lowest BCUT2D eigenvalue weighted by Gasteiger charge is -1.84. The van der Waals surface area contributed by atoms with Crippen LogP contribution in [-0.2, 0) is 0 Å². The van der Waals surface area contributed by atoms with Gasteiger partial charge in [-0.25, -0.2) is 4.98 Å². The van der Waals surface area contributed by atoms with E-state index in [0.29, 0.717) is 5.15 Å². The van der Waals surface area contributed by atoms with E-state index in [1.54, 1.807) is 5.38 Å². The van der Waals surface area contributed by atoms with Crippen LogP contribution in [0.1, 0.15) is 13.8 Å². The summed E-state index contributed by atoms with van der Waals surface area (Å²) in [5.74, 6) is 0. The number of hydrogen-bond donors (Lipinski definition) is 1. The Bertz CT molecular complexity index is 176. The smallest absolute Gasteiger partial charge is 0.183 e. The first kappa shape index (κ1) is 9.72. The molecule has 0 fully saturated rings. The number of thiazole rings is 1. The van der Waals surface area contributed by atoms with Crippen LogP contribution in [0.2, 0.25) is 5.15 Å². The summed E-state index contributed by atoms with van der Waals surface area (Å²) in [5.41, 5.74) is 0. The number of nitrogens with one attached hydrogen (secondary N) is 1. The van der Waals surface area contributed by atoms with Gasteiger partial charge in [0.25, 0.3) is 0 Å². The highest BCUT2D eigenvalue weighted by molar-refractivity contribution is 7.14. The standard InChI is InChI=1S/C4H5ClN2S.C2H6/c1-6-4-7-3(5)2-8-4;1-2/h2H,1H3,(H,6,7);1-2H3. The largest absolute Gasteiger partial charge is 0.365 e. The van der Waals surface area contributed by atoms with Crippen molar-refractivity contribution in [3.05, 3.63) is 10.5 Å². The SMILES string of the molecule is CC.CNc1nc(Cl)cs1. The fraction of sp³-hybridized carbons (Fsp3) is 0.500. The number of hydrogen-bond acceptors (Lipinski definition) is 3. The summed E-state index contributed by atoms with van der Waals surface area (Å²) in [6.45, 7) is 4.00. The second-order valence-corrected chi connectivity index (χ2v) is 2.47. The summed E-state index contributed by atoms with van der Waals surface area (Å²) in [4.78, 5) is 3.90. The Labute approximate surface area is 70.2 Å². The van der Waals surface area contributed by atoms with E-state index in [4.69, 9.17) is 11.6 Å². The zero-order chi connectivity index (χ0) is 7.98. The molecule has 0 saturated heterocycles. The van der Waals surface area contributed by atoms with E-state index in [1.807, 2.05) is 20.9 Å². The normalized spacial score (nSPS) is 8.00. The first-order valence-electron chi connectivity index (χ1n) is 3.11. The fourth-order valence-corrected chi connectivity index (χ4v) is 1.17. The predicted molar refractivity (Wildman–Crippen MR) is 48.0 cm³/mol. The quantitative estimate of drug-likeness (QED) is 0.716. The van der Waals surface area contributed by atoms with Crippen molar-refractivity contribution in [1.82, 2.24) is 4.98 Å². The lowest BCUT2D eigenvalue weighted by Crippen LogP contribution is -1.83. The Kier molecular flexibility index (Phi) is 5.35. The molecule has 1 N–H and O–H groups in total. The molecule has 1 aromatic rings. The molecular formula is C6H11ClN2S. The van der Waals surface area contributed by atoms with Crippen molar-refractivity contribution in [1.29, 1.82) is 0 Å². The molecule has 0 bridgehead atoms. The molecule has 1 aromatic heterocycles. The minimum absolute atomic E-state index is 0.555. The Morgan fingerprint density at radius 2 is 2.20 bits per heavy atom. The molecule has 0 spiro atoms. The van der Waals surface area contributed by atoms with Gasteiger partial charge >= 0.3 is 0 Å². The highest BCUT2D eigenvalue weighted by Gasteiger charge is 1.92. The summed E-state index contributed by atoms with van der Waals surface area (Å²) in [7, 11) is 1.81. The van der Waals surface area contributed by atoms with E-state index >= 15 is 0 Å². The highest BCUT2D eigenvalue weighted by Crippen LogP contribution is 2.17. The number of rotatable bonds is 1. The van der Waals surface area contributed by atoms with Crippen LogP contribution in [0.4, 0.5) is 5.13 Å². The average molecular weight is 179 g/mol. The third-order valence-electron chi connectivity index (χ3n) is 0.690. The van der Waals surface area contributed by atoms with Gasteiger partial charge in [-0.3, -0.25) is 0 Å². The molecule has 0 radical (unpaired) electrons. The molecular weight excluding hydrogens is 168 g/mol. The summed E-state index contributed by atoms with van der Waals surface area (Å²) in [5, 5.41) is 6.07. The van der Waals surface area contributed by atoms with E-state index in [2.05, 4.69) is 10.3 Å². The first-order valence-corrected chi connectivity index (χ1v) is 4.37. The molecule has 0 aromatic carbocycles. The van der Waals surface area contributed by atoms with Gasteiger partial charge in [0.1, 0.15) is 5.15 Å². The van der Waals surface area contributed by atoms with Crippen molar-refractivity contribution in [2.45, 2.75) is 13.8 Å². The molecule has 2 nitrogen and oxygen atoms in total. The zero-order valence-corrected chi connectivity index (χ0v) is 7.88. The van der Waals surface area contributed by atoms with E-state index in [0.717, 1.165) is 5.13 Å². The van der Waals surface area contributed by atoms with Gasteiger partial charge in [0.15, 0.2) is 5.13 Å². The van der Waals surface area contributed by atoms with Crippen molar-refractivity contribution in [2.24, 2.45) is 0 Å². The lowest BCUT2D eigenvalue weighted by molar-refractivity contribution is 1.37. The van der Waals surface area contributed by atoms with Gasteiger partial charge in [-0.15, -0.1) is 11.3 Å². The Morgan fingerprint density at radius 1 is 1.60 bits per heavy atom. The van der Waals surface area contributed by atoms with Crippen LogP contribution < -0.4 is 5.32 Å². The third-order valence-corrected chi connectivity index (χ3v) is 1.87. The molecule has 0 aliphatic carbocycles. The van der Waals surface area contributed by atoms with Gasteiger partial charge in [0.05, 0.1) is 0 Å². The second-order valence-electron chi connectivity index (χ2n) is 1.23. The summed E-state index contributed by atoms with van der Waals surface area (Å²) < 4.78 is 0. The van der Waals surface area contributed by atoms with Crippen LogP contribution in [0.25, 0.3) is 0 Å². The summed E-state index contributed by atoms with van der Waals surface area (Å²) in [6.07, 6.45) is 0.